The topological polar surface area (TPSA) is 63.0 Å². The minimum Gasteiger partial charge on any atom is -0.396 e. The number of aliphatic hydroxyl groups excluding tert-OH is 1. The first-order valence-corrected chi connectivity index (χ1v) is 6.47. The van der Waals surface area contributed by atoms with Crippen LogP contribution in [0.1, 0.15) is 20.3 Å². The molecule has 102 valence electrons. The van der Waals surface area contributed by atoms with Crippen LogP contribution in [0.3, 0.4) is 0 Å². The normalized spacial score (nSPS) is 14.1. The molecule has 19 heavy (non-hydrogen) atoms. The van der Waals surface area contributed by atoms with Crippen LogP contribution < -0.4 is 5.32 Å². The molecule has 5 nitrogen and oxygen atoms in total. The third kappa shape index (κ3) is 3.32. The Morgan fingerprint density at radius 3 is 2.68 bits per heavy atom. The summed E-state index contributed by atoms with van der Waals surface area (Å²) in [6, 6.07) is 8.04. The summed E-state index contributed by atoms with van der Waals surface area (Å²) in [5, 5.41) is 20.4. The Bertz CT molecular complexity index is 506. The molecule has 0 aliphatic heterocycles. The maximum absolute atomic E-state index is 9.41. The SMILES string of the molecule is CCC(C)(CO)CNc1cccc(-n2cnnc2)c1. The van der Waals surface area contributed by atoms with E-state index in [4.69, 9.17) is 0 Å². The lowest BCUT2D eigenvalue weighted by Gasteiger charge is -2.26. The highest BCUT2D eigenvalue weighted by atomic mass is 16.3. The van der Waals surface area contributed by atoms with Gasteiger partial charge in [-0.1, -0.05) is 19.9 Å². The van der Waals surface area contributed by atoms with Crippen molar-refractivity contribution in [3.8, 4) is 5.69 Å². The lowest BCUT2D eigenvalue weighted by Crippen LogP contribution is -2.29. The minimum absolute atomic E-state index is 0.0907. The lowest BCUT2D eigenvalue weighted by molar-refractivity contribution is 0.149. The van der Waals surface area contributed by atoms with E-state index in [0.29, 0.717) is 0 Å². The summed E-state index contributed by atoms with van der Waals surface area (Å²) in [6.45, 7) is 5.09. The second kappa shape index (κ2) is 5.84. The van der Waals surface area contributed by atoms with Crippen molar-refractivity contribution in [2.45, 2.75) is 20.3 Å². The number of aromatic nitrogens is 3. The average molecular weight is 260 g/mol. The lowest BCUT2D eigenvalue weighted by atomic mass is 9.88. The van der Waals surface area contributed by atoms with Gasteiger partial charge in [0.05, 0.1) is 12.3 Å². The molecule has 0 bridgehead atoms. The van der Waals surface area contributed by atoms with Gasteiger partial charge in [-0.15, -0.1) is 10.2 Å². The van der Waals surface area contributed by atoms with Crippen molar-refractivity contribution in [2.75, 3.05) is 18.5 Å². The number of hydrogen-bond donors (Lipinski definition) is 2. The van der Waals surface area contributed by atoms with E-state index in [0.717, 1.165) is 24.3 Å². The molecule has 0 aliphatic carbocycles. The van der Waals surface area contributed by atoms with Crippen LogP contribution in [0.5, 0.6) is 0 Å². The predicted octanol–water partition coefficient (Wildman–Crippen LogP) is 2.09. The van der Waals surface area contributed by atoms with Crippen LogP contribution in [0, 0.1) is 5.41 Å². The van der Waals surface area contributed by atoms with Crippen molar-refractivity contribution in [3.05, 3.63) is 36.9 Å². The third-order valence-electron chi connectivity index (χ3n) is 3.52. The number of rotatable bonds is 6. The summed E-state index contributed by atoms with van der Waals surface area (Å²) in [5.41, 5.74) is 1.95. The van der Waals surface area contributed by atoms with E-state index in [1.165, 1.54) is 0 Å². The Morgan fingerprint density at radius 2 is 2.05 bits per heavy atom. The number of nitrogens with zero attached hydrogens (tertiary/aromatic N) is 3. The Labute approximate surface area is 113 Å². The van der Waals surface area contributed by atoms with Gasteiger partial charge in [0.2, 0.25) is 0 Å². The van der Waals surface area contributed by atoms with E-state index >= 15 is 0 Å². The zero-order chi connectivity index (χ0) is 13.7. The summed E-state index contributed by atoms with van der Waals surface area (Å²) in [7, 11) is 0. The Balaban J connectivity index is 2.08. The Kier molecular flexibility index (Phi) is 4.16. The van der Waals surface area contributed by atoms with Gasteiger partial charge in [-0.25, -0.2) is 0 Å². The molecule has 0 radical (unpaired) electrons. The van der Waals surface area contributed by atoms with Gasteiger partial charge in [-0.05, 0) is 24.6 Å². The van der Waals surface area contributed by atoms with Gasteiger partial charge in [0, 0.05) is 17.6 Å². The van der Waals surface area contributed by atoms with Crippen LogP contribution in [0.25, 0.3) is 5.69 Å². The molecular weight excluding hydrogens is 240 g/mol. The van der Waals surface area contributed by atoms with Crippen molar-refractivity contribution in [2.24, 2.45) is 5.41 Å². The van der Waals surface area contributed by atoms with Gasteiger partial charge in [-0.3, -0.25) is 4.57 Å². The quantitative estimate of drug-likeness (QED) is 0.834. The molecule has 1 heterocycles. The second-order valence-corrected chi connectivity index (χ2v) is 5.10. The number of nitrogens with one attached hydrogen (secondary N) is 1. The Morgan fingerprint density at radius 1 is 1.32 bits per heavy atom. The average Bonchev–Trinajstić information content (AvgIpc) is 2.99. The van der Waals surface area contributed by atoms with E-state index in [9.17, 15) is 5.11 Å². The second-order valence-electron chi connectivity index (χ2n) is 5.10. The van der Waals surface area contributed by atoms with Gasteiger partial charge < -0.3 is 10.4 Å². The zero-order valence-corrected chi connectivity index (χ0v) is 11.4. The molecule has 2 rings (SSSR count). The fraction of sp³-hybridized carbons (Fsp3) is 0.429. The molecule has 2 aromatic rings. The highest BCUT2D eigenvalue weighted by Crippen LogP contribution is 2.22. The molecule has 2 N–H and O–H groups in total. The van der Waals surface area contributed by atoms with Crippen molar-refractivity contribution < 1.29 is 5.11 Å². The van der Waals surface area contributed by atoms with Crippen molar-refractivity contribution in [1.29, 1.82) is 0 Å². The molecular formula is C14H20N4O. The predicted molar refractivity (Wildman–Crippen MR) is 75.3 cm³/mol. The fourth-order valence-corrected chi connectivity index (χ4v) is 1.72. The summed E-state index contributed by atoms with van der Waals surface area (Å²) < 4.78 is 1.86. The maximum Gasteiger partial charge on any atom is 0.123 e. The summed E-state index contributed by atoms with van der Waals surface area (Å²) in [5.74, 6) is 0. The first-order valence-electron chi connectivity index (χ1n) is 6.47. The van der Waals surface area contributed by atoms with E-state index < -0.39 is 0 Å². The molecule has 0 aliphatic rings. The van der Waals surface area contributed by atoms with Crippen LogP contribution >= 0.6 is 0 Å². The first kappa shape index (κ1) is 13.5. The van der Waals surface area contributed by atoms with Crippen LogP contribution in [-0.2, 0) is 0 Å². The molecule has 0 spiro atoms. The van der Waals surface area contributed by atoms with Gasteiger partial charge >= 0.3 is 0 Å². The van der Waals surface area contributed by atoms with Gasteiger partial charge in [0.15, 0.2) is 0 Å². The van der Waals surface area contributed by atoms with E-state index in [1.807, 2.05) is 28.8 Å². The van der Waals surface area contributed by atoms with Gasteiger partial charge in [0.1, 0.15) is 12.7 Å². The molecule has 0 amide bonds. The molecule has 1 unspecified atom stereocenters. The molecule has 1 atom stereocenters. The highest BCUT2D eigenvalue weighted by molar-refractivity contribution is 5.51. The van der Waals surface area contributed by atoms with E-state index in [1.54, 1.807) is 12.7 Å². The highest BCUT2D eigenvalue weighted by Gasteiger charge is 2.20. The fourth-order valence-electron chi connectivity index (χ4n) is 1.72. The number of benzene rings is 1. The molecule has 1 aromatic heterocycles. The van der Waals surface area contributed by atoms with Gasteiger partial charge in [-0.2, -0.15) is 0 Å². The number of aliphatic hydroxyl groups is 1. The monoisotopic (exact) mass is 260 g/mol. The van der Waals surface area contributed by atoms with Crippen LogP contribution in [0.2, 0.25) is 0 Å². The smallest absolute Gasteiger partial charge is 0.123 e. The summed E-state index contributed by atoms with van der Waals surface area (Å²) >= 11 is 0. The van der Waals surface area contributed by atoms with Crippen LogP contribution in [0.15, 0.2) is 36.9 Å². The van der Waals surface area contributed by atoms with Gasteiger partial charge in [0.25, 0.3) is 0 Å². The van der Waals surface area contributed by atoms with Crippen molar-refractivity contribution >= 4 is 5.69 Å². The zero-order valence-electron chi connectivity index (χ0n) is 11.4. The minimum atomic E-state index is -0.0907. The first-order chi connectivity index (χ1) is 9.17. The van der Waals surface area contributed by atoms with E-state index in [2.05, 4.69) is 29.4 Å². The molecule has 0 saturated carbocycles. The maximum atomic E-state index is 9.41. The Hall–Kier alpha value is -1.88. The van der Waals surface area contributed by atoms with Crippen LogP contribution in [0.4, 0.5) is 5.69 Å². The summed E-state index contributed by atoms with van der Waals surface area (Å²) in [6.07, 6.45) is 4.27. The summed E-state index contributed by atoms with van der Waals surface area (Å²) in [4.78, 5) is 0. The molecule has 5 heteroatoms. The largest absolute Gasteiger partial charge is 0.396 e. The van der Waals surface area contributed by atoms with E-state index in [-0.39, 0.29) is 12.0 Å². The standard InChI is InChI=1S/C14H20N4O/c1-3-14(2,9-19)8-15-12-5-4-6-13(7-12)18-10-16-17-11-18/h4-7,10-11,15,19H,3,8-9H2,1-2H3. The molecule has 0 fully saturated rings. The molecule has 0 saturated heterocycles. The number of anilines is 1. The van der Waals surface area contributed by atoms with Crippen LogP contribution in [-0.4, -0.2) is 33.0 Å². The molecule has 1 aromatic carbocycles. The number of hydrogen-bond acceptors (Lipinski definition) is 4. The van der Waals surface area contributed by atoms with Crippen molar-refractivity contribution in [3.63, 3.8) is 0 Å². The van der Waals surface area contributed by atoms with Crippen molar-refractivity contribution in [1.82, 2.24) is 14.8 Å². The third-order valence-corrected chi connectivity index (χ3v) is 3.52.